The molecular weight excluding hydrogens is 263 g/mol. The molecule has 4 nitrogen and oxygen atoms in total. The van der Waals surface area contributed by atoms with Gasteiger partial charge in [0.05, 0.1) is 10.5 Å². The Bertz CT molecular complexity index is 576. The topological polar surface area (TPSA) is 52.4 Å². The summed E-state index contributed by atoms with van der Waals surface area (Å²) in [5.74, 6) is -0.134. The van der Waals surface area contributed by atoms with Crippen molar-refractivity contribution in [2.45, 2.75) is 25.6 Å². The molecule has 0 aliphatic carbocycles. The van der Waals surface area contributed by atoms with Crippen molar-refractivity contribution >= 4 is 11.8 Å². The fraction of sp³-hybridized carbons (Fsp3) is 0.333. The average Bonchev–Trinajstić information content (AvgIpc) is 2.24. The minimum absolute atomic E-state index is 0.0563. The monoisotopic (exact) mass is 273 g/mol. The first kappa shape index (κ1) is 13.4. The van der Waals surface area contributed by atoms with E-state index in [1.165, 1.54) is 6.08 Å². The lowest BCUT2D eigenvalue weighted by atomic mass is 9.99. The Morgan fingerprint density at radius 2 is 1.95 bits per heavy atom. The summed E-state index contributed by atoms with van der Waals surface area (Å²) in [6, 6.07) is 1.34. The number of nitro groups is 1. The highest BCUT2D eigenvalue weighted by Gasteiger charge is 2.36. The highest BCUT2D eigenvalue weighted by atomic mass is 19.4. The van der Waals surface area contributed by atoms with Crippen molar-refractivity contribution in [3.63, 3.8) is 0 Å². The Kier molecular flexibility index (Phi) is 2.80. The second-order valence-corrected chi connectivity index (χ2v) is 4.71. The Morgan fingerprint density at radius 3 is 2.47 bits per heavy atom. The van der Waals surface area contributed by atoms with Crippen molar-refractivity contribution < 1.29 is 22.8 Å². The molecule has 0 N–H and O–H groups in total. The third kappa shape index (κ3) is 2.54. The zero-order valence-corrected chi connectivity index (χ0v) is 10.1. The first-order valence-corrected chi connectivity index (χ1v) is 5.38. The van der Waals surface area contributed by atoms with Crippen LogP contribution in [0.3, 0.4) is 0 Å². The third-order valence-electron chi connectivity index (χ3n) is 2.65. The van der Waals surface area contributed by atoms with E-state index in [1.54, 1.807) is 19.9 Å². The zero-order valence-electron chi connectivity index (χ0n) is 10.1. The predicted octanol–water partition coefficient (Wildman–Crippen LogP) is 3.80. The van der Waals surface area contributed by atoms with Crippen LogP contribution < -0.4 is 4.74 Å². The van der Waals surface area contributed by atoms with E-state index in [1.807, 2.05) is 0 Å². The lowest BCUT2D eigenvalue weighted by Gasteiger charge is -2.27. The minimum Gasteiger partial charge on any atom is -0.476 e. The van der Waals surface area contributed by atoms with Gasteiger partial charge in [-0.2, -0.15) is 13.2 Å². The van der Waals surface area contributed by atoms with Crippen LogP contribution >= 0.6 is 0 Å². The van der Waals surface area contributed by atoms with Crippen molar-refractivity contribution in [1.82, 2.24) is 0 Å². The van der Waals surface area contributed by atoms with Crippen molar-refractivity contribution in [2.75, 3.05) is 0 Å². The van der Waals surface area contributed by atoms with Crippen molar-refractivity contribution in [3.8, 4) is 5.75 Å². The molecule has 0 saturated heterocycles. The number of ether oxygens (including phenoxy) is 1. The molecule has 0 aromatic heterocycles. The SMILES string of the molecule is CC1(C)C=Cc2cc(C(F)(F)F)cc([N+](=O)[O-])c2O1. The number of benzene rings is 1. The number of hydrogen-bond donors (Lipinski definition) is 0. The number of nitrogens with zero attached hydrogens (tertiary/aromatic N) is 1. The minimum atomic E-state index is -4.64. The number of fused-ring (bicyclic) bond motifs is 1. The van der Waals surface area contributed by atoms with Gasteiger partial charge in [-0.15, -0.1) is 0 Å². The maximum absolute atomic E-state index is 12.7. The normalized spacial score (nSPS) is 16.7. The number of alkyl halides is 3. The van der Waals surface area contributed by atoms with Crippen LogP contribution in [0.1, 0.15) is 25.0 Å². The van der Waals surface area contributed by atoms with Crippen LogP contribution in [-0.4, -0.2) is 10.5 Å². The van der Waals surface area contributed by atoms with Gasteiger partial charge in [0, 0.05) is 11.6 Å². The molecule has 1 aromatic carbocycles. The number of rotatable bonds is 1. The van der Waals surface area contributed by atoms with E-state index in [0.717, 1.165) is 6.07 Å². The summed E-state index contributed by atoms with van der Waals surface area (Å²) < 4.78 is 43.4. The zero-order chi connectivity index (χ0) is 14.4. The summed E-state index contributed by atoms with van der Waals surface area (Å²) in [6.07, 6.45) is -1.68. The van der Waals surface area contributed by atoms with E-state index in [9.17, 15) is 23.3 Å². The van der Waals surface area contributed by atoms with E-state index in [0.29, 0.717) is 6.07 Å². The van der Waals surface area contributed by atoms with Gasteiger partial charge in [-0.05, 0) is 26.0 Å². The van der Waals surface area contributed by atoms with Gasteiger partial charge in [0.25, 0.3) is 0 Å². The molecule has 0 bridgehead atoms. The van der Waals surface area contributed by atoms with Crippen LogP contribution in [0.2, 0.25) is 0 Å². The number of hydrogen-bond acceptors (Lipinski definition) is 3. The second kappa shape index (κ2) is 3.97. The Hall–Kier alpha value is -2.05. The molecule has 0 radical (unpaired) electrons. The van der Waals surface area contributed by atoms with Gasteiger partial charge in [0.15, 0.2) is 0 Å². The molecule has 1 aromatic rings. The molecule has 0 atom stereocenters. The molecule has 0 unspecified atom stereocenters. The van der Waals surface area contributed by atoms with Crippen LogP contribution in [0, 0.1) is 10.1 Å². The van der Waals surface area contributed by atoms with Gasteiger partial charge < -0.3 is 4.74 Å². The Balaban J connectivity index is 2.67. The van der Waals surface area contributed by atoms with Gasteiger partial charge in [-0.1, -0.05) is 6.08 Å². The molecule has 102 valence electrons. The molecule has 0 fully saturated rings. The molecule has 7 heteroatoms. The fourth-order valence-electron chi connectivity index (χ4n) is 1.76. The molecule has 1 aliphatic heterocycles. The predicted molar refractivity (Wildman–Crippen MR) is 61.8 cm³/mol. The molecule has 1 aliphatic rings. The quantitative estimate of drug-likeness (QED) is 0.577. The standard InChI is InChI=1S/C12H10F3NO3/c1-11(2)4-3-7-5-8(12(13,14)15)6-9(16(17)18)10(7)19-11/h3-6H,1-2H3. The van der Waals surface area contributed by atoms with Crippen LogP contribution in [0.4, 0.5) is 18.9 Å². The van der Waals surface area contributed by atoms with Gasteiger partial charge >= 0.3 is 11.9 Å². The second-order valence-electron chi connectivity index (χ2n) is 4.71. The number of nitro benzene ring substituents is 1. The molecule has 0 saturated carbocycles. The lowest BCUT2D eigenvalue weighted by Crippen LogP contribution is -2.28. The highest BCUT2D eigenvalue weighted by molar-refractivity contribution is 5.69. The Labute approximate surface area is 106 Å². The molecular formula is C12H10F3NO3. The largest absolute Gasteiger partial charge is 0.476 e. The molecule has 19 heavy (non-hydrogen) atoms. The summed E-state index contributed by atoms with van der Waals surface area (Å²) in [7, 11) is 0. The van der Waals surface area contributed by atoms with E-state index in [-0.39, 0.29) is 11.3 Å². The van der Waals surface area contributed by atoms with Crippen LogP contribution in [0.15, 0.2) is 18.2 Å². The van der Waals surface area contributed by atoms with E-state index >= 15 is 0 Å². The van der Waals surface area contributed by atoms with Crippen LogP contribution in [-0.2, 0) is 6.18 Å². The van der Waals surface area contributed by atoms with Gasteiger partial charge in [0.2, 0.25) is 5.75 Å². The van der Waals surface area contributed by atoms with Crippen LogP contribution in [0.25, 0.3) is 6.08 Å². The highest BCUT2D eigenvalue weighted by Crippen LogP contribution is 2.42. The number of halogens is 3. The lowest BCUT2D eigenvalue weighted by molar-refractivity contribution is -0.386. The fourth-order valence-corrected chi connectivity index (χ4v) is 1.76. The first-order chi connectivity index (χ1) is 8.60. The summed E-state index contributed by atoms with van der Waals surface area (Å²) in [5.41, 5.74) is -2.48. The summed E-state index contributed by atoms with van der Waals surface area (Å²) in [6.45, 7) is 3.32. The van der Waals surface area contributed by atoms with E-state index < -0.39 is 28.0 Å². The van der Waals surface area contributed by atoms with Gasteiger partial charge in [-0.25, -0.2) is 0 Å². The Morgan fingerprint density at radius 1 is 1.32 bits per heavy atom. The smallest absolute Gasteiger partial charge is 0.416 e. The van der Waals surface area contributed by atoms with E-state index in [2.05, 4.69) is 0 Å². The first-order valence-electron chi connectivity index (χ1n) is 5.38. The van der Waals surface area contributed by atoms with Gasteiger partial charge in [0.1, 0.15) is 5.60 Å². The summed E-state index contributed by atoms with van der Waals surface area (Å²) in [4.78, 5) is 10.0. The van der Waals surface area contributed by atoms with Crippen molar-refractivity contribution in [1.29, 1.82) is 0 Å². The molecule has 0 amide bonds. The maximum Gasteiger partial charge on any atom is 0.416 e. The molecule has 1 heterocycles. The third-order valence-corrected chi connectivity index (χ3v) is 2.65. The average molecular weight is 273 g/mol. The van der Waals surface area contributed by atoms with Gasteiger partial charge in [-0.3, -0.25) is 10.1 Å². The molecule has 0 spiro atoms. The van der Waals surface area contributed by atoms with Crippen molar-refractivity contribution in [2.24, 2.45) is 0 Å². The van der Waals surface area contributed by atoms with Crippen LogP contribution in [0.5, 0.6) is 5.75 Å². The summed E-state index contributed by atoms with van der Waals surface area (Å²) >= 11 is 0. The van der Waals surface area contributed by atoms with Crippen molar-refractivity contribution in [3.05, 3.63) is 39.4 Å². The molecule has 2 rings (SSSR count). The maximum atomic E-state index is 12.7. The summed E-state index contributed by atoms with van der Waals surface area (Å²) in [5, 5.41) is 10.9. The van der Waals surface area contributed by atoms with E-state index in [4.69, 9.17) is 4.74 Å².